The molecule has 0 saturated carbocycles. The van der Waals surface area contributed by atoms with E-state index in [1.165, 1.54) is 11.8 Å². The van der Waals surface area contributed by atoms with Crippen LogP contribution < -0.4 is 17.0 Å². The fourth-order valence-corrected chi connectivity index (χ4v) is 4.33. The van der Waals surface area contributed by atoms with Gasteiger partial charge in [-0.1, -0.05) is 0 Å². The second kappa shape index (κ2) is 12.7. The molecule has 0 saturated heterocycles. The van der Waals surface area contributed by atoms with Crippen LogP contribution in [0.15, 0.2) is 0 Å². The minimum atomic E-state index is -2.61. The maximum Gasteiger partial charge on any atom is 0.505 e. The Morgan fingerprint density at radius 1 is 1.09 bits per heavy atom. The van der Waals surface area contributed by atoms with Crippen LogP contribution in [0.4, 0.5) is 0 Å². The van der Waals surface area contributed by atoms with Crippen molar-refractivity contribution in [3.8, 4) is 0 Å². The van der Waals surface area contributed by atoms with Gasteiger partial charge >= 0.3 is 14.8 Å². The lowest BCUT2D eigenvalue weighted by molar-refractivity contribution is -0.916. The molecule has 0 aromatic rings. The summed E-state index contributed by atoms with van der Waals surface area (Å²) in [6.45, 7) is 7.01. The van der Waals surface area contributed by atoms with Crippen molar-refractivity contribution in [2.75, 3.05) is 59.7 Å². The lowest BCUT2D eigenvalue weighted by Crippen LogP contribution is -3.00. The van der Waals surface area contributed by atoms with Gasteiger partial charge in [-0.3, -0.25) is 0 Å². The summed E-state index contributed by atoms with van der Waals surface area (Å²) in [5.74, 6) is 0.242. The van der Waals surface area contributed by atoms with E-state index in [2.05, 4.69) is 13.8 Å². The Morgan fingerprint density at radius 3 is 1.95 bits per heavy atom. The van der Waals surface area contributed by atoms with Crippen molar-refractivity contribution in [3.05, 3.63) is 0 Å². The van der Waals surface area contributed by atoms with Crippen LogP contribution in [0.25, 0.3) is 0 Å². The summed E-state index contributed by atoms with van der Waals surface area (Å²) in [5.41, 5.74) is 0. The number of nitrogens with zero attached hydrogens (tertiary/aromatic N) is 1. The molecule has 0 heterocycles. The Bertz CT molecular complexity index is 296. The number of quaternary nitrogens is 1. The monoisotopic (exact) mass is 419 g/mol. The molecular weight excluding hydrogens is 390 g/mol. The summed E-state index contributed by atoms with van der Waals surface area (Å²) in [6.07, 6.45) is 1.91. The van der Waals surface area contributed by atoms with Crippen LogP contribution in [0.2, 0.25) is 6.04 Å². The molecule has 0 fully saturated rings. The maximum absolute atomic E-state index is 11.9. The van der Waals surface area contributed by atoms with Gasteiger partial charge in [-0.05, 0) is 20.1 Å². The van der Waals surface area contributed by atoms with E-state index in [0.29, 0.717) is 23.0 Å². The fraction of sp³-hybridized carbons (Fsp3) is 0.923. The van der Waals surface area contributed by atoms with Gasteiger partial charge in [0.25, 0.3) is 0 Å². The number of carbonyl (C=O) groups excluding carboxylic acids is 1. The van der Waals surface area contributed by atoms with E-state index >= 15 is 0 Å². The van der Waals surface area contributed by atoms with E-state index in [-0.39, 0.29) is 23.0 Å². The number of hydrogen-bond acceptors (Lipinski definition) is 6. The number of rotatable bonds is 12. The minimum Gasteiger partial charge on any atom is -1.00 e. The Morgan fingerprint density at radius 2 is 1.59 bits per heavy atom. The van der Waals surface area contributed by atoms with Crippen molar-refractivity contribution in [1.29, 1.82) is 0 Å². The molecule has 0 bridgehead atoms. The van der Waals surface area contributed by atoms with Crippen LogP contribution in [0.1, 0.15) is 13.8 Å². The average molecular weight is 420 g/mol. The molecule has 0 unspecified atom stereocenters. The van der Waals surface area contributed by atoms with Gasteiger partial charge in [0.05, 0.1) is 25.7 Å². The van der Waals surface area contributed by atoms with E-state index in [0.717, 1.165) is 19.6 Å². The first kappa shape index (κ1) is 24.6. The smallest absolute Gasteiger partial charge is 0.505 e. The molecule has 0 spiro atoms. The molecule has 22 heavy (non-hydrogen) atoms. The highest BCUT2D eigenvalue weighted by molar-refractivity contribution is 7.98. The lowest BCUT2D eigenvalue weighted by Gasteiger charge is -2.37. The molecule has 0 aliphatic rings. The van der Waals surface area contributed by atoms with E-state index in [1.807, 2.05) is 6.26 Å². The SMILES string of the molecule is CC[N+](CC)(CC[Si](OC)(OC)OC)CC(=O)OCSC.[Br-]. The molecular formula is C13H30BrNO5SSi. The number of likely N-dealkylation sites (N-methyl/N-ethyl adjacent to an activating group) is 1. The Hall–Kier alpha value is 0.357. The molecule has 0 aliphatic heterocycles. The molecule has 0 radical (unpaired) electrons. The largest absolute Gasteiger partial charge is 1.00 e. The highest BCUT2D eigenvalue weighted by Gasteiger charge is 2.41. The number of halogens is 1. The van der Waals surface area contributed by atoms with Gasteiger partial charge in [-0.2, -0.15) is 0 Å². The van der Waals surface area contributed by atoms with Crippen LogP contribution in [0.3, 0.4) is 0 Å². The van der Waals surface area contributed by atoms with Gasteiger partial charge in [0, 0.05) is 21.3 Å². The molecule has 9 heteroatoms. The molecule has 0 aromatic carbocycles. The van der Waals surface area contributed by atoms with Gasteiger partial charge in [0.15, 0.2) is 6.54 Å². The summed E-state index contributed by atoms with van der Waals surface area (Å²) in [6, 6.07) is 0.675. The minimum absolute atomic E-state index is 0. The quantitative estimate of drug-likeness (QED) is 0.167. The zero-order chi connectivity index (χ0) is 16.4. The van der Waals surface area contributed by atoms with Crippen molar-refractivity contribution in [1.82, 2.24) is 0 Å². The van der Waals surface area contributed by atoms with Crippen LogP contribution in [0, 0.1) is 0 Å². The first-order valence-corrected chi connectivity index (χ1v) is 10.4. The van der Waals surface area contributed by atoms with Crippen LogP contribution >= 0.6 is 11.8 Å². The third-order valence-corrected chi connectivity index (χ3v) is 7.02. The third-order valence-electron chi connectivity index (χ3n) is 3.97. The number of thioether (sulfide) groups is 1. The summed E-state index contributed by atoms with van der Waals surface area (Å²) in [4.78, 5) is 11.9. The zero-order valence-corrected chi connectivity index (χ0v) is 17.9. The maximum atomic E-state index is 11.9. The van der Waals surface area contributed by atoms with Crippen molar-refractivity contribution in [2.45, 2.75) is 19.9 Å². The number of hydrogen-bond donors (Lipinski definition) is 0. The first-order valence-electron chi connectivity index (χ1n) is 7.12. The first-order chi connectivity index (χ1) is 9.96. The van der Waals surface area contributed by atoms with E-state index in [9.17, 15) is 4.79 Å². The molecule has 0 amide bonds. The summed E-state index contributed by atoms with van der Waals surface area (Å²) in [7, 11) is 2.22. The normalized spacial score (nSPS) is 11.9. The second-order valence-electron chi connectivity index (χ2n) is 4.82. The van der Waals surface area contributed by atoms with Gasteiger partial charge < -0.3 is 39.5 Å². The van der Waals surface area contributed by atoms with Crippen molar-refractivity contribution in [3.63, 3.8) is 0 Å². The van der Waals surface area contributed by atoms with Crippen molar-refractivity contribution >= 4 is 26.5 Å². The highest BCUT2D eigenvalue weighted by Crippen LogP contribution is 2.18. The molecule has 0 N–H and O–H groups in total. The molecule has 0 aliphatic carbocycles. The molecule has 0 aromatic heterocycles. The molecule has 6 nitrogen and oxygen atoms in total. The molecule has 134 valence electrons. The standard InChI is InChI=1S/C13H30NO5SSi.BrH/c1-7-14(8-2,11-13(15)19-12-20-6)9-10-21(16-3,17-4)18-5;/h7-12H2,1-6H3;1H/q+1;/p-1. The van der Waals surface area contributed by atoms with E-state index < -0.39 is 8.80 Å². The highest BCUT2D eigenvalue weighted by atomic mass is 79.9. The summed E-state index contributed by atoms with van der Waals surface area (Å²) in [5, 5.41) is 0. The van der Waals surface area contributed by atoms with Crippen LogP contribution in [-0.4, -0.2) is 79.0 Å². The van der Waals surface area contributed by atoms with Gasteiger partial charge in [0.1, 0.15) is 5.94 Å². The molecule has 0 rings (SSSR count). The van der Waals surface area contributed by atoms with Crippen LogP contribution in [0.5, 0.6) is 0 Å². The van der Waals surface area contributed by atoms with Crippen molar-refractivity contribution in [2.24, 2.45) is 0 Å². The lowest BCUT2D eigenvalue weighted by atomic mass is 10.3. The number of ether oxygens (including phenoxy) is 1. The van der Waals surface area contributed by atoms with Gasteiger partial charge in [0.2, 0.25) is 0 Å². The Kier molecular flexibility index (Phi) is 14.2. The second-order valence-corrected chi connectivity index (χ2v) is 8.73. The van der Waals surface area contributed by atoms with E-state index in [1.54, 1.807) is 21.3 Å². The average Bonchev–Trinajstić information content (AvgIpc) is 2.53. The predicted octanol–water partition coefficient (Wildman–Crippen LogP) is -1.41. The molecule has 0 atom stereocenters. The Labute approximate surface area is 150 Å². The summed E-state index contributed by atoms with van der Waals surface area (Å²) >= 11 is 1.50. The van der Waals surface area contributed by atoms with Gasteiger partial charge in [-0.15, -0.1) is 11.8 Å². The Balaban J connectivity index is 0. The van der Waals surface area contributed by atoms with Crippen molar-refractivity contribution < 1.29 is 44.3 Å². The van der Waals surface area contributed by atoms with Crippen LogP contribution in [-0.2, 0) is 22.8 Å². The third kappa shape index (κ3) is 7.76. The van der Waals surface area contributed by atoms with Gasteiger partial charge in [-0.25, -0.2) is 4.79 Å². The fourth-order valence-electron chi connectivity index (χ4n) is 2.22. The number of esters is 1. The number of carbonyl (C=O) groups is 1. The van der Waals surface area contributed by atoms with E-state index in [4.69, 9.17) is 18.0 Å². The summed E-state index contributed by atoms with van der Waals surface area (Å²) < 4.78 is 22.2. The topological polar surface area (TPSA) is 54.0 Å². The zero-order valence-electron chi connectivity index (χ0n) is 14.5. The predicted molar refractivity (Wildman–Crippen MR) is 87.1 cm³/mol.